The van der Waals surface area contributed by atoms with Crippen molar-refractivity contribution in [3.05, 3.63) is 65.9 Å². The maximum atomic E-state index is 12.9. The van der Waals surface area contributed by atoms with Gasteiger partial charge in [0, 0.05) is 5.39 Å². The van der Waals surface area contributed by atoms with Crippen molar-refractivity contribution in [3.8, 4) is 5.75 Å². The van der Waals surface area contributed by atoms with Crippen molar-refractivity contribution in [2.75, 3.05) is 6.54 Å². The van der Waals surface area contributed by atoms with Gasteiger partial charge >= 0.3 is 0 Å². The molecular formula is C21H17NO5. The van der Waals surface area contributed by atoms with Gasteiger partial charge in [-0.15, -0.1) is 0 Å². The number of carbonyl (C=O) groups excluding carboxylic acids is 3. The van der Waals surface area contributed by atoms with Gasteiger partial charge in [-0.25, -0.2) is 0 Å². The number of carbonyl (C=O) groups is 3. The standard InChI is InChI=1S/C21H17NO5/c1-2-16-21(25)22(20(24)14-8-4-6-10-18(14)26-16)12-15(23)19-11-13-7-3-5-9-17(13)27-19/h3-11,16H,2,12H2,1H3. The molecule has 1 aromatic heterocycles. The molecular weight excluding hydrogens is 346 g/mol. The van der Waals surface area contributed by atoms with E-state index in [4.69, 9.17) is 9.15 Å². The van der Waals surface area contributed by atoms with Gasteiger partial charge in [0.2, 0.25) is 5.78 Å². The Balaban J connectivity index is 1.67. The van der Waals surface area contributed by atoms with Gasteiger partial charge < -0.3 is 9.15 Å². The normalized spacial score (nSPS) is 16.8. The average molecular weight is 363 g/mol. The Kier molecular flexibility index (Phi) is 4.24. The number of Topliss-reactive ketones (excluding diaryl/α,β-unsaturated/α-hetero) is 1. The highest BCUT2D eigenvalue weighted by atomic mass is 16.5. The number of ketones is 1. The Morgan fingerprint density at radius 1 is 1.07 bits per heavy atom. The van der Waals surface area contributed by atoms with Crippen LogP contribution in [0.1, 0.15) is 34.3 Å². The van der Waals surface area contributed by atoms with Crippen LogP contribution in [0, 0.1) is 0 Å². The first kappa shape index (κ1) is 17.0. The summed E-state index contributed by atoms with van der Waals surface area (Å²) in [5.41, 5.74) is 0.841. The third-order valence-electron chi connectivity index (χ3n) is 4.55. The lowest BCUT2D eigenvalue weighted by Gasteiger charge is -2.20. The van der Waals surface area contributed by atoms with Crippen molar-refractivity contribution >= 4 is 28.6 Å². The topological polar surface area (TPSA) is 76.8 Å². The molecule has 2 amide bonds. The molecule has 0 aliphatic carbocycles. The molecule has 1 atom stereocenters. The van der Waals surface area contributed by atoms with Crippen LogP contribution >= 0.6 is 0 Å². The van der Waals surface area contributed by atoms with E-state index in [2.05, 4.69) is 0 Å². The first-order valence-corrected chi connectivity index (χ1v) is 8.71. The Hall–Kier alpha value is -3.41. The number of hydrogen-bond acceptors (Lipinski definition) is 5. The summed E-state index contributed by atoms with van der Waals surface area (Å²) in [6, 6.07) is 15.5. The lowest BCUT2D eigenvalue weighted by molar-refractivity contribution is -0.135. The molecule has 6 nitrogen and oxygen atoms in total. The first-order chi connectivity index (χ1) is 13.1. The summed E-state index contributed by atoms with van der Waals surface area (Å²) < 4.78 is 11.3. The summed E-state index contributed by atoms with van der Waals surface area (Å²) in [5, 5.41) is 0.787. The van der Waals surface area contributed by atoms with E-state index in [0.29, 0.717) is 17.8 Å². The zero-order valence-corrected chi connectivity index (χ0v) is 14.7. The Labute approximate surface area is 155 Å². The van der Waals surface area contributed by atoms with Crippen LogP contribution in [0.15, 0.2) is 59.0 Å². The highest BCUT2D eigenvalue weighted by Crippen LogP contribution is 2.27. The minimum atomic E-state index is -0.818. The Morgan fingerprint density at radius 3 is 2.59 bits per heavy atom. The summed E-state index contributed by atoms with van der Waals surface area (Å²) in [5.74, 6) is -1.05. The number of fused-ring (bicyclic) bond motifs is 2. The van der Waals surface area contributed by atoms with Gasteiger partial charge in [-0.1, -0.05) is 37.3 Å². The number of para-hydroxylation sites is 2. The number of ether oxygens (including phenoxy) is 1. The number of imide groups is 1. The first-order valence-electron chi connectivity index (χ1n) is 8.71. The third kappa shape index (κ3) is 2.99. The molecule has 0 bridgehead atoms. The van der Waals surface area contributed by atoms with E-state index >= 15 is 0 Å². The molecule has 136 valence electrons. The van der Waals surface area contributed by atoms with Crippen LogP contribution < -0.4 is 4.74 Å². The monoisotopic (exact) mass is 363 g/mol. The highest BCUT2D eigenvalue weighted by Gasteiger charge is 2.37. The highest BCUT2D eigenvalue weighted by molar-refractivity contribution is 6.12. The van der Waals surface area contributed by atoms with Gasteiger partial charge in [-0.3, -0.25) is 19.3 Å². The molecule has 0 fully saturated rings. The second kappa shape index (κ2) is 6.72. The molecule has 0 saturated carbocycles. The molecule has 1 aliphatic rings. The predicted octanol–water partition coefficient (Wildman–Crippen LogP) is 3.46. The summed E-state index contributed by atoms with van der Waals surface area (Å²) >= 11 is 0. The van der Waals surface area contributed by atoms with E-state index in [-0.39, 0.29) is 11.3 Å². The molecule has 0 N–H and O–H groups in total. The van der Waals surface area contributed by atoms with Crippen LogP contribution in [0.5, 0.6) is 5.75 Å². The van der Waals surface area contributed by atoms with Crippen molar-refractivity contribution in [2.24, 2.45) is 0 Å². The van der Waals surface area contributed by atoms with Gasteiger partial charge in [0.05, 0.1) is 12.1 Å². The molecule has 6 heteroatoms. The number of rotatable bonds is 4. The van der Waals surface area contributed by atoms with Crippen LogP contribution in [-0.4, -0.2) is 35.1 Å². The molecule has 2 heterocycles. The summed E-state index contributed by atoms with van der Waals surface area (Å²) in [7, 11) is 0. The minimum Gasteiger partial charge on any atom is -0.480 e. The maximum Gasteiger partial charge on any atom is 0.270 e. The molecule has 0 saturated heterocycles. The van der Waals surface area contributed by atoms with Gasteiger partial charge in [0.15, 0.2) is 11.9 Å². The van der Waals surface area contributed by atoms with Gasteiger partial charge in [0.1, 0.15) is 11.3 Å². The fourth-order valence-electron chi connectivity index (χ4n) is 3.12. The zero-order valence-electron chi connectivity index (χ0n) is 14.7. The number of benzene rings is 2. The van der Waals surface area contributed by atoms with E-state index in [0.717, 1.165) is 10.3 Å². The molecule has 2 aromatic carbocycles. The van der Waals surface area contributed by atoms with Crippen LogP contribution in [-0.2, 0) is 4.79 Å². The van der Waals surface area contributed by atoms with Crippen molar-refractivity contribution < 1.29 is 23.5 Å². The minimum absolute atomic E-state index is 0.114. The Bertz CT molecular complexity index is 1020. The Morgan fingerprint density at radius 2 is 1.81 bits per heavy atom. The summed E-state index contributed by atoms with van der Waals surface area (Å²) in [4.78, 5) is 39.3. The van der Waals surface area contributed by atoms with Crippen molar-refractivity contribution in [3.63, 3.8) is 0 Å². The molecule has 0 spiro atoms. The van der Waals surface area contributed by atoms with Crippen LogP contribution in [0.25, 0.3) is 11.0 Å². The fourth-order valence-corrected chi connectivity index (χ4v) is 3.12. The smallest absolute Gasteiger partial charge is 0.270 e. The fraction of sp³-hybridized carbons (Fsp3) is 0.190. The second-order valence-electron chi connectivity index (χ2n) is 6.31. The maximum absolute atomic E-state index is 12.9. The molecule has 0 radical (unpaired) electrons. The van der Waals surface area contributed by atoms with Crippen molar-refractivity contribution in [1.82, 2.24) is 4.90 Å². The van der Waals surface area contributed by atoms with Crippen molar-refractivity contribution in [1.29, 1.82) is 0 Å². The number of hydrogen-bond donors (Lipinski definition) is 0. The number of nitrogens with zero attached hydrogens (tertiary/aromatic N) is 1. The van der Waals surface area contributed by atoms with Crippen LogP contribution in [0.3, 0.4) is 0 Å². The van der Waals surface area contributed by atoms with Crippen LogP contribution in [0.2, 0.25) is 0 Å². The molecule has 27 heavy (non-hydrogen) atoms. The van der Waals surface area contributed by atoms with Gasteiger partial charge in [-0.2, -0.15) is 0 Å². The van der Waals surface area contributed by atoms with E-state index in [1.165, 1.54) is 0 Å². The van der Waals surface area contributed by atoms with Crippen molar-refractivity contribution in [2.45, 2.75) is 19.4 Å². The van der Waals surface area contributed by atoms with Gasteiger partial charge in [-0.05, 0) is 30.7 Å². The lowest BCUT2D eigenvalue weighted by atomic mass is 10.1. The van der Waals surface area contributed by atoms with E-state index in [1.807, 2.05) is 18.2 Å². The molecule has 1 aliphatic heterocycles. The molecule has 4 rings (SSSR count). The average Bonchev–Trinajstić information content (AvgIpc) is 3.10. The van der Waals surface area contributed by atoms with E-state index < -0.39 is 30.2 Å². The number of amides is 2. The van der Waals surface area contributed by atoms with Gasteiger partial charge in [0.25, 0.3) is 11.8 Å². The van der Waals surface area contributed by atoms with E-state index in [1.54, 1.807) is 43.3 Å². The summed E-state index contributed by atoms with van der Waals surface area (Å²) in [6.45, 7) is 1.39. The second-order valence-corrected chi connectivity index (χ2v) is 6.31. The quantitative estimate of drug-likeness (QED) is 0.524. The predicted molar refractivity (Wildman–Crippen MR) is 97.7 cm³/mol. The zero-order chi connectivity index (χ0) is 19.0. The van der Waals surface area contributed by atoms with Crippen LogP contribution in [0.4, 0.5) is 0 Å². The lowest BCUT2D eigenvalue weighted by Crippen LogP contribution is -2.45. The third-order valence-corrected chi connectivity index (χ3v) is 4.55. The number of furan rings is 1. The molecule has 1 unspecified atom stereocenters. The SMILES string of the molecule is CCC1Oc2ccccc2C(=O)N(CC(=O)c2cc3ccccc3o2)C1=O. The van der Waals surface area contributed by atoms with E-state index in [9.17, 15) is 14.4 Å². The summed E-state index contributed by atoms with van der Waals surface area (Å²) in [6.07, 6.45) is -0.434. The molecule has 3 aromatic rings. The largest absolute Gasteiger partial charge is 0.480 e.